The van der Waals surface area contributed by atoms with E-state index in [1.807, 2.05) is 59.2 Å². The van der Waals surface area contributed by atoms with E-state index >= 15 is 0 Å². The van der Waals surface area contributed by atoms with Crippen LogP contribution in [0.15, 0.2) is 45.8 Å². The number of nitrogens with one attached hydrogen (secondary N) is 4. The first-order chi connectivity index (χ1) is 40.5. The van der Waals surface area contributed by atoms with Gasteiger partial charge in [-0.2, -0.15) is 0 Å². The Morgan fingerprint density at radius 3 is 1.22 bits per heavy atom. The van der Waals surface area contributed by atoms with E-state index in [0.29, 0.717) is 39.4 Å². The summed E-state index contributed by atoms with van der Waals surface area (Å²) >= 11 is 11.0. The minimum atomic E-state index is -2.09. The normalized spacial score (nSPS) is 23.0. The summed E-state index contributed by atoms with van der Waals surface area (Å²) in [6.07, 6.45) is 9.09. The highest BCUT2D eigenvalue weighted by molar-refractivity contribution is 7.12. The fraction of sp³-hybridized carbons (Fsp3) is 0.600. The Balaban J connectivity index is 0.000000145. The maximum absolute atomic E-state index is 7.12. The number of likely N-dealkylation sites (N-methyl/N-ethyl adjacent to an activating group) is 4. The Morgan fingerprint density at radius 2 is 0.846 bits per heavy atom. The molecule has 6 aliphatic heterocycles. The topological polar surface area (TPSA) is 156 Å². The van der Waals surface area contributed by atoms with Gasteiger partial charge in [-0.25, -0.2) is 0 Å². The molecule has 8 N–H and O–H groups in total. The first-order valence-corrected chi connectivity index (χ1v) is 33.1. The van der Waals surface area contributed by atoms with Gasteiger partial charge in [0.1, 0.15) is 0 Å². The van der Waals surface area contributed by atoms with Crippen molar-refractivity contribution in [1.82, 2.24) is 21.3 Å². The van der Waals surface area contributed by atoms with Crippen LogP contribution in [0.3, 0.4) is 0 Å². The molecule has 78 heavy (non-hydrogen) atoms. The SMILES string of the molecule is CCNC[C@@H]1OCCc2sccc21.CCNC[C@H]1OCCc2sccc21.CCc1cc2c(s1)CCO[C@@H]2CN.CCc1cc2c(s1)CCO[C@H]2CN.[2H]C([2H])([2H])NC[C@@H]1OCCc2scc(C)c21.[2H]C([2H])([2H])NC[C@H]1OCCc2scc(C)c21. The van der Waals surface area contributed by atoms with Gasteiger partial charge in [0.05, 0.1) is 76.3 Å². The molecule has 0 unspecified atom stereocenters. The van der Waals surface area contributed by atoms with Crippen LogP contribution in [-0.2, 0) is 79.8 Å². The first-order valence-electron chi connectivity index (χ1n) is 31.0. The van der Waals surface area contributed by atoms with Crippen LogP contribution >= 0.6 is 68.0 Å². The summed E-state index contributed by atoms with van der Waals surface area (Å²) in [5.74, 6) is 0. The summed E-state index contributed by atoms with van der Waals surface area (Å²) in [6.45, 7) is 19.1. The third kappa shape index (κ3) is 17.4. The molecule has 18 heteroatoms. The van der Waals surface area contributed by atoms with Crippen molar-refractivity contribution in [3.63, 3.8) is 0 Å². The summed E-state index contributed by atoms with van der Waals surface area (Å²) < 4.78 is 76.6. The largest absolute Gasteiger partial charge is 0.372 e. The number of fused-ring (bicyclic) bond motifs is 6. The van der Waals surface area contributed by atoms with E-state index in [9.17, 15) is 0 Å². The van der Waals surface area contributed by atoms with E-state index in [1.54, 1.807) is 22.7 Å². The molecule has 0 fully saturated rings. The molecule has 6 aliphatic rings. The van der Waals surface area contributed by atoms with Crippen LogP contribution in [0, 0.1) is 13.8 Å². The zero-order valence-corrected chi connectivity index (χ0v) is 51.6. The van der Waals surface area contributed by atoms with Gasteiger partial charge in [0.25, 0.3) is 0 Å². The first kappa shape index (κ1) is 54.9. The lowest BCUT2D eigenvalue weighted by molar-refractivity contribution is 0.0441. The Bertz CT molecular complexity index is 2680. The van der Waals surface area contributed by atoms with E-state index < -0.39 is 14.0 Å². The number of rotatable bonds is 14. The average Bonchev–Trinajstić information content (AvgIpc) is 4.56. The van der Waals surface area contributed by atoms with E-state index in [0.717, 1.165) is 104 Å². The van der Waals surface area contributed by atoms with Gasteiger partial charge in [-0.3, -0.25) is 0 Å². The van der Waals surface area contributed by atoms with E-state index in [2.05, 4.69) is 94.7 Å². The van der Waals surface area contributed by atoms with Gasteiger partial charge in [-0.1, -0.05) is 27.7 Å². The second-order valence-electron chi connectivity index (χ2n) is 19.5. The van der Waals surface area contributed by atoms with Crippen LogP contribution in [0.5, 0.6) is 0 Å². The summed E-state index contributed by atoms with van der Waals surface area (Å²) in [5, 5.41) is 20.3. The zero-order chi connectivity index (χ0) is 60.2. The third-order valence-electron chi connectivity index (χ3n) is 14.3. The predicted molar refractivity (Wildman–Crippen MR) is 332 cm³/mol. The summed E-state index contributed by atoms with van der Waals surface area (Å²) in [4.78, 5) is 11.6. The van der Waals surface area contributed by atoms with Crippen LogP contribution < -0.4 is 32.7 Å². The van der Waals surface area contributed by atoms with Gasteiger partial charge in [-0.15, -0.1) is 68.0 Å². The van der Waals surface area contributed by atoms with Crippen molar-refractivity contribution in [1.29, 1.82) is 0 Å². The van der Waals surface area contributed by atoms with Crippen molar-refractivity contribution in [3.8, 4) is 0 Å². The van der Waals surface area contributed by atoms with Gasteiger partial charge >= 0.3 is 0 Å². The highest BCUT2D eigenvalue weighted by Gasteiger charge is 2.27. The van der Waals surface area contributed by atoms with Gasteiger partial charge in [0, 0.05) is 125 Å². The van der Waals surface area contributed by atoms with Gasteiger partial charge in [0.15, 0.2) is 0 Å². The molecule has 0 saturated heterocycles. The van der Waals surface area contributed by atoms with E-state index in [4.69, 9.17) is 48.1 Å². The number of hydrogen-bond acceptors (Lipinski definition) is 18. The lowest BCUT2D eigenvalue weighted by Gasteiger charge is -2.24. The van der Waals surface area contributed by atoms with Crippen molar-refractivity contribution in [2.45, 2.75) is 130 Å². The maximum Gasteiger partial charge on any atom is 0.0962 e. The molecule has 432 valence electrons. The van der Waals surface area contributed by atoms with Crippen molar-refractivity contribution in [2.75, 3.05) is 106 Å². The van der Waals surface area contributed by atoms with Crippen LogP contribution in [0.1, 0.15) is 156 Å². The smallest absolute Gasteiger partial charge is 0.0962 e. The van der Waals surface area contributed by atoms with E-state index in [-0.39, 0.29) is 36.6 Å². The lowest BCUT2D eigenvalue weighted by Crippen LogP contribution is -2.26. The number of nitrogens with two attached hydrogens (primary N) is 2. The molecular weight excluding hydrogens is 1090 g/mol. The lowest BCUT2D eigenvalue weighted by atomic mass is 10.0. The van der Waals surface area contributed by atoms with Crippen LogP contribution in [0.4, 0.5) is 0 Å². The third-order valence-corrected chi connectivity index (χ3v) is 21.4. The molecule has 0 aliphatic carbocycles. The Kier molecular flexibility index (Phi) is 23.8. The fourth-order valence-electron chi connectivity index (χ4n) is 10.3. The van der Waals surface area contributed by atoms with Crippen LogP contribution in [0.2, 0.25) is 0 Å². The minimum absolute atomic E-state index is 0.115. The van der Waals surface area contributed by atoms with Crippen LogP contribution in [0.25, 0.3) is 0 Å². The predicted octanol–water partition coefficient (Wildman–Crippen LogP) is 11.5. The van der Waals surface area contributed by atoms with Crippen molar-refractivity contribution in [2.24, 2.45) is 11.5 Å². The number of aryl methyl sites for hydroxylation is 4. The standard InChI is InChI=1S/6C10H15NOS/c2*1-7-6-13-9-3-4-12-8(5-11-2)10(7)9;2*1-2-11-7-9-8-4-6-13-10(8)3-5-12-9;2*1-2-7-5-8-9(6-11)12-4-3-10(8)13-7/h2*6,8,11H,3-5H2,1-2H3;2*4,6,9,11H,2-3,5,7H2,1H3;2*5,9H,2-4,6,11H2,1H3/t2*8-;4*9-/m101010/s1/i2*2D3;;;;. The molecule has 6 atom stereocenters. The zero-order valence-electron chi connectivity index (χ0n) is 52.7. The maximum atomic E-state index is 7.12. The summed E-state index contributed by atoms with van der Waals surface area (Å²) in [7, 11) is 0. The molecule has 12 nitrogen and oxygen atoms in total. The minimum Gasteiger partial charge on any atom is -0.372 e. The molecule has 0 saturated carbocycles. The second kappa shape index (κ2) is 33.7. The molecule has 12 heterocycles. The van der Waals surface area contributed by atoms with Crippen LogP contribution in [-0.4, -0.2) is 106 Å². The van der Waals surface area contributed by atoms with Crippen molar-refractivity contribution in [3.05, 3.63) is 129 Å². The molecule has 0 bridgehead atoms. The van der Waals surface area contributed by atoms with E-state index in [1.165, 1.54) is 83.5 Å². The molecular formula is C60H90N6O6S6. The highest BCUT2D eigenvalue weighted by Crippen LogP contribution is 2.38. The summed E-state index contributed by atoms with van der Waals surface area (Å²) in [6, 6.07) is 8.91. The Labute approximate surface area is 499 Å². The average molecular weight is 1190 g/mol. The molecule has 12 rings (SSSR count). The molecule has 0 spiro atoms. The fourth-order valence-corrected chi connectivity index (χ4v) is 16.6. The Hall–Kier alpha value is -2.28. The molecule has 6 aromatic heterocycles. The number of thiophene rings is 6. The molecule has 0 radical (unpaired) electrons. The number of ether oxygens (including phenoxy) is 6. The molecule has 6 aromatic rings. The molecule has 0 aromatic carbocycles. The monoisotopic (exact) mass is 1190 g/mol. The van der Waals surface area contributed by atoms with Gasteiger partial charge in [0.2, 0.25) is 0 Å². The number of hydrogen-bond donors (Lipinski definition) is 6. The highest BCUT2D eigenvalue weighted by atomic mass is 32.1. The van der Waals surface area contributed by atoms with Gasteiger partial charge in [-0.05, 0) is 144 Å². The van der Waals surface area contributed by atoms with Crippen molar-refractivity contribution < 1.29 is 36.6 Å². The Morgan fingerprint density at radius 1 is 0.474 bits per heavy atom. The second-order valence-corrected chi connectivity index (χ2v) is 25.9. The molecule has 0 amide bonds. The van der Waals surface area contributed by atoms with Crippen molar-refractivity contribution >= 4 is 68.0 Å². The summed E-state index contributed by atoms with van der Waals surface area (Å²) in [5.41, 5.74) is 21.6. The van der Waals surface area contributed by atoms with Gasteiger partial charge < -0.3 is 61.2 Å². The quantitative estimate of drug-likeness (QED) is 0.0615.